The molecule has 4 aliphatic rings. The molecule has 1 amide bonds. The highest BCUT2D eigenvalue weighted by atomic mass is 35.5. The summed E-state index contributed by atoms with van der Waals surface area (Å²) in [5, 5.41) is 0.705. The van der Waals surface area contributed by atoms with Crippen molar-refractivity contribution < 1.29 is 13.7 Å². The van der Waals surface area contributed by atoms with Crippen LogP contribution in [0.5, 0.6) is 5.75 Å². The molecule has 2 bridgehead atoms. The molecule has 5 nitrogen and oxygen atoms in total. The Morgan fingerprint density at radius 1 is 1.07 bits per heavy atom. The first-order valence-corrected chi connectivity index (χ1v) is 20.6. The summed E-state index contributed by atoms with van der Waals surface area (Å²) in [4.78, 5) is 15.9. The van der Waals surface area contributed by atoms with Crippen LogP contribution in [-0.4, -0.2) is 51.2 Å². The summed E-state index contributed by atoms with van der Waals surface area (Å²) in [7, 11) is -1.44. The van der Waals surface area contributed by atoms with Crippen molar-refractivity contribution in [3.63, 3.8) is 0 Å². The Balaban J connectivity index is 1.37. The van der Waals surface area contributed by atoms with Crippen LogP contribution in [0.2, 0.25) is 5.02 Å². The molecule has 0 spiro atoms. The van der Waals surface area contributed by atoms with Crippen LogP contribution >= 0.6 is 35.1 Å². The highest BCUT2D eigenvalue weighted by molar-refractivity contribution is 8.17. The summed E-state index contributed by atoms with van der Waals surface area (Å²) in [6.07, 6.45) is 13.2. The second kappa shape index (κ2) is 15.5. The number of fused-ring (bicyclic) bond motifs is 2. The van der Waals surface area contributed by atoms with Gasteiger partial charge >= 0.3 is 0 Å². The Hall–Kier alpha value is -1.61. The summed E-state index contributed by atoms with van der Waals surface area (Å²) in [5.41, 5.74) is 4.11. The average Bonchev–Trinajstić information content (AvgIpc) is 3.21. The minimum Gasteiger partial charge on any atom is -0.491 e. The summed E-state index contributed by atoms with van der Waals surface area (Å²) < 4.78 is 23.3. The fourth-order valence-corrected chi connectivity index (χ4v) is 12.0. The molecule has 6 unspecified atom stereocenters. The molecule has 3 aliphatic heterocycles. The van der Waals surface area contributed by atoms with Crippen LogP contribution in [0.4, 0.5) is 5.69 Å². The molecular weight excluding hydrogens is 640 g/mol. The first-order valence-electron chi connectivity index (χ1n) is 16.9. The highest BCUT2D eigenvalue weighted by Crippen LogP contribution is 2.50. The summed E-state index contributed by atoms with van der Waals surface area (Å²) in [6.45, 7) is 6.60. The maximum Gasteiger partial charge on any atom is 0.263 e. The summed E-state index contributed by atoms with van der Waals surface area (Å²) in [5.74, 6) is 4.96. The number of hydrogen-bond donors (Lipinski definition) is 1. The lowest BCUT2D eigenvalue weighted by Gasteiger charge is -2.46. The predicted octanol–water partition coefficient (Wildman–Crippen LogP) is 8.64. The molecule has 1 saturated carbocycles. The van der Waals surface area contributed by atoms with Gasteiger partial charge in [0, 0.05) is 35.5 Å². The molecule has 1 N–H and O–H groups in total. The number of nitrogens with one attached hydrogen (secondary N) is 1. The van der Waals surface area contributed by atoms with E-state index in [4.69, 9.17) is 16.3 Å². The van der Waals surface area contributed by atoms with Gasteiger partial charge in [-0.2, -0.15) is 0 Å². The zero-order valence-electron chi connectivity index (χ0n) is 26.5. The van der Waals surface area contributed by atoms with E-state index in [0.717, 1.165) is 61.7 Å². The van der Waals surface area contributed by atoms with Gasteiger partial charge in [0.05, 0.1) is 22.1 Å². The number of aryl methyl sites for hydroxylation is 1. The number of hydrogen-bond acceptors (Lipinski definition) is 6. The van der Waals surface area contributed by atoms with E-state index in [9.17, 15) is 9.00 Å². The highest BCUT2D eigenvalue weighted by Gasteiger charge is 2.42. The molecule has 3 heterocycles. The first-order chi connectivity index (χ1) is 21.9. The van der Waals surface area contributed by atoms with Crippen molar-refractivity contribution in [3.05, 3.63) is 70.3 Å². The third-order valence-corrected chi connectivity index (χ3v) is 15.0. The number of carbonyl (C=O) groups excluding carboxylic acids is 1. The van der Waals surface area contributed by atoms with Crippen molar-refractivity contribution >= 4 is 57.7 Å². The van der Waals surface area contributed by atoms with Gasteiger partial charge in [-0.05, 0) is 110 Å². The zero-order chi connectivity index (χ0) is 31.3. The van der Waals surface area contributed by atoms with Gasteiger partial charge in [0.15, 0.2) is 0 Å². The number of allylic oxidation sites excluding steroid dienone is 2. The molecule has 244 valence electrons. The lowest BCUT2D eigenvalue weighted by atomic mass is 9.67. The maximum absolute atomic E-state index is 13.4. The number of halogens is 1. The smallest absolute Gasteiger partial charge is 0.263 e. The Kier molecular flexibility index (Phi) is 11.5. The van der Waals surface area contributed by atoms with Crippen LogP contribution in [0.3, 0.4) is 0 Å². The Bertz CT molecular complexity index is 1400. The van der Waals surface area contributed by atoms with Gasteiger partial charge < -0.3 is 9.64 Å². The number of nitrogens with zero attached hydrogens (tertiary/aromatic N) is 1. The normalized spacial score (nSPS) is 30.3. The van der Waals surface area contributed by atoms with Gasteiger partial charge in [0.2, 0.25) is 0 Å². The van der Waals surface area contributed by atoms with Gasteiger partial charge in [0.1, 0.15) is 16.7 Å². The first kappa shape index (κ1) is 33.3. The van der Waals surface area contributed by atoms with Gasteiger partial charge in [-0.15, -0.1) is 23.5 Å². The largest absolute Gasteiger partial charge is 0.491 e. The van der Waals surface area contributed by atoms with Gasteiger partial charge in [-0.1, -0.05) is 50.1 Å². The number of benzene rings is 2. The third-order valence-electron chi connectivity index (χ3n) is 10.1. The summed E-state index contributed by atoms with van der Waals surface area (Å²) in [6, 6.07) is 12.1. The standard InChI is InChI=1S/C36H47ClN2O3S3/c1-3-8-24-19-28(37)13-15-30(24)27-22-39-21-26-11-14-31(26)32(36-43-17-7-18-44-36)10-6-5-9-29(4-2)45(41)38-35(40)25-12-16-34(42-23-27)33(39)20-25/h6,10,12-13,15-16,19-20,26-27,29,31-32,36H,3-5,7-9,11,14,17-18,21-23H2,1-2H3,(H,38,40)/b10-6+. The number of anilines is 1. The minimum absolute atomic E-state index is 0.0713. The van der Waals surface area contributed by atoms with E-state index < -0.39 is 11.0 Å². The van der Waals surface area contributed by atoms with E-state index in [1.165, 1.54) is 41.9 Å². The van der Waals surface area contributed by atoms with E-state index in [2.05, 4.69) is 71.3 Å². The topological polar surface area (TPSA) is 58.6 Å². The molecule has 2 aromatic rings. The Morgan fingerprint density at radius 2 is 1.91 bits per heavy atom. The summed E-state index contributed by atoms with van der Waals surface area (Å²) >= 11 is 10.8. The maximum atomic E-state index is 13.4. The molecular formula is C36H47ClN2O3S3. The van der Waals surface area contributed by atoms with E-state index in [0.29, 0.717) is 34.5 Å². The Morgan fingerprint density at radius 3 is 2.67 bits per heavy atom. The van der Waals surface area contributed by atoms with Crippen LogP contribution in [0.1, 0.15) is 86.2 Å². The number of amides is 1. The van der Waals surface area contributed by atoms with E-state index in [-0.39, 0.29) is 17.1 Å². The van der Waals surface area contributed by atoms with Gasteiger partial charge in [-0.3, -0.25) is 9.52 Å². The van der Waals surface area contributed by atoms with Crippen molar-refractivity contribution in [1.82, 2.24) is 4.72 Å². The fourth-order valence-electron chi connectivity index (χ4n) is 7.46. The second-order valence-corrected chi connectivity index (χ2v) is 17.7. The van der Waals surface area contributed by atoms with E-state index in [1.807, 2.05) is 24.3 Å². The molecule has 2 fully saturated rings. The number of rotatable bonds is 5. The number of thioether (sulfide) groups is 2. The van der Waals surface area contributed by atoms with Gasteiger partial charge in [-0.25, -0.2) is 4.21 Å². The zero-order valence-corrected chi connectivity index (χ0v) is 29.8. The van der Waals surface area contributed by atoms with Crippen molar-refractivity contribution in [2.75, 3.05) is 36.1 Å². The van der Waals surface area contributed by atoms with Crippen LogP contribution in [0.15, 0.2) is 48.6 Å². The van der Waals surface area contributed by atoms with Crippen molar-refractivity contribution in [2.24, 2.45) is 17.8 Å². The Labute approximate surface area is 285 Å². The quantitative estimate of drug-likeness (QED) is 0.318. The van der Waals surface area contributed by atoms with Crippen molar-refractivity contribution in [1.29, 1.82) is 0 Å². The average molecular weight is 687 g/mol. The molecule has 0 aromatic heterocycles. The third kappa shape index (κ3) is 7.76. The number of ether oxygens (including phenoxy) is 1. The SMILES string of the molecule is CCCc1cc(Cl)ccc1C1COc2ccc3cc2N(C1)CC1CCC1C(C1SCCCS1)/C=C/CCC(CC)S(=O)NC3=O. The molecule has 2 aromatic carbocycles. The number of carbonyl (C=O) groups is 1. The van der Waals surface area contributed by atoms with Crippen LogP contribution in [0, 0.1) is 17.8 Å². The van der Waals surface area contributed by atoms with Gasteiger partial charge in [0.25, 0.3) is 5.91 Å². The van der Waals surface area contributed by atoms with Crippen molar-refractivity contribution in [3.8, 4) is 5.75 Å². The molecule has 6 atom stereocenters. The fraction of sp³-hybridized carbons (Fsp3) is 0.583. The van der Waals surface area contributed by atoms with Crippen LogP contribution in [-0.2, 0) is 17.4 Å². The van der Waals surface area contributed by atoms with Crippen LogP contribution < -0.4 is 14.4 Å². The minimum atomic E-state index is -1.44. The van der Waals surface area contributed by atoms with E-state index >= 15 is 0 Å². The molecule has 0 radical (unpaired) electrons. The molecule has 6 rings (SSSR count). The molecule has 45 heavy (non-hydrogen) atoms. The van der Waals surface area contributed by atoms with Crippen molar-refractivity contribution in [2.45, 2.75) is 81.0 Å². The van der Waals surface area contributed by atoms with Crippen LogP contribution in [0.25, 0.3) is 0 Å². The lowest BCUT2D eigenvalue weighted by Crippen LogP contribution is -2.44. The predicted molar refractivity (Wildman–Crippen MR) is 193 cm³/mol. The molecule has 1 aliphatic carbocycles. The molecule has 1 saturated heterocycles. The second-order valence-electron chi connectivity index (χ2n) is 13.0. The lowest BCUT2D eigenvalue weighted by molar-refractivity contribution is 0.0982. The van der Waals surface area contributed by atoms with E-state index in [1.54, 1.807) is 0 Å². The monoisotopic (exact) mass is 686 g/mol. The molecule has 9 heteroatoms.